The smallest absolute Gasteiger partial charge is 0.355 e. The highest BCUT2D eigenvalue weighted by Gasteiger charge is 2.26. The summed E-state index contributed by atoms with van der Waals surface area (Å²) >= 11 is 9.93. The lowest BCUT2D eigenvalue weighted by Gasteiger charge is -2.12. The van der Waals surface area contributed by atoms with E-state index >= 15 is 0 Å². The molecule has 0 unspecified atom stereocenters. The van der Waals surface area contributed by atoms with Crippen molar-refractivity contribution in [2.24, 2.45) is 0 Å². The van der Waals surface area contributed by atoms with Gasteiger partial charge in [0, 0.05) is 27.4 Å². The van der Waals surface area contributed by atoms with Gasteiger partial charge < -0.3 is 14.1 Å². The van der Waals surface area contributed by atoms with Gasteiger partial charge >= 0.3 is 5.97 Å². The molecule has 0 saturated carbocycles. The van der Waals surface area contributed by atoms with E-state index in [-0.39, 0.29) is 17.4 Å². The first kappa shape index (κ1) is 23.3. The third-order valence-corrected chi connectivity index (χ3v) is 6.71. The van der Waals surface area contributed by atoms with Crippen LogP contribution < -0.4 is 0 Å². The third kappa shape index (κ3) is 4.23. The van der Waals surface area contributed by atoms with Crippen molar-refractivity contribution in [2.45, 2.75) is 32.7 Å². The second-order valence-corrected chi connectivity index (χ2v) is 9.17. The van der Waals surface area contributed by atoms with Crippen LogP contribution in [-0.4, -0.2) is 41.3 Å². The summed E-state index contributed by atoms with van der Waals surface area (Å²) in [6.07, 6.45) is 2.39. The molecule has 11 heteroatoms. The van der Waals surface area contributed by atoms with Crippen molar-refractivity contribution in [2.75, 3.05) is 0 Å². The average Bonchev–Trinajstić information content (AvgIpc) is 3.56. The highest BCUT2D eigenvalue weighted by atomic mass is 79.9. The van der Waals surface area contributed by atoms with E-state index in [4.69, 9.17) is 16.0 Å². The minimum absolute atomic E-state index is 0.0327. The minimum Gasteiger partial charge on any atom is -0.476 e. The minimum atomic E-state index is -1.14. The molecule has 0 fully saturated rings. The van der Waals surface area contributed by atoms with Crippen molar-refractivity contribution in [1.29, 1.82) is 0 Å². The molecular weight excluding hydrogens is 536 g/mol. The van der Waals surface area contributed by atoms with E-state index in [2.05, 4.69) is 48.5 Å². The zero-order valence-corrected chi connectivity index (χ0v) is 21.0. The van der Waals surface area contributed by atoms with Crippen molar-refractivity contribution in [3.63, 3.8) is 0 Å². The lowest BCUT2D eigenvalue weighted by molar-refractivity contribution is 0.0685. The summed E-state index contributed by atoms with van der Waals surface area (Å²) in [5.41, 5.74) is 2.98. The number of imidazole rings is 1. The SMILES string of the molecule is CCCCc1nc(Cl)c(C(=O)O)n1Cc1oc2cccc(Br)c2c1-c1ccccc1-c1nn[nH]n1. The molecular formula is C24H20BrClN6O3. The lowest BCUT2D eigenvalue weighted by Crippen LogP contribution is -2.13. The van der Waals surface area contributed by atoms with Gasteiger partial charge in [-0.25, -0.2) is 9.78 Å². The molecule has 0 aliphatic rings. The van der Waals surface area contributed by atoms with E-state index in [1.54, 1.807) is 4.57 Å². The highest BCUT2D eigenvalue weighted by Crippen LogP contribution is 2.42. The van der Waals surface area contributed by atoms with Gasteiger partial charge in [0.15, 0.2) is 10.8 Å². The summed E-state index contributed by atoms with van der Waals surface area (Å²) in [5.74, 6) is 0.466. The van der Waals surface area contributed by atoms with E-state index in [0.29, 0.717) is 29.4 Å². The van der Waals surface area contributed by atoms with Crippen LogP contribution in [-0.2, 0) is 13.0 Å². The van der Waals surface area contributed by atoms with E-state index in [1.165, 1.54) is 0 Å². The number of halogens is 2. The van der Waals surface area contributed by atoms with Crippen LogP contribution in [0, 0.1) is 0 Å². The Kier molecular flexibility index (Phi) is 6.40. The molecule has 2 N–H and O–H groups in total. The van der Waals surface area contributed by atoms with Gasteiger partial charge in [-0.1, -0.05) is 71.2 Å². The Hall–Kier alpha value is -3.50. The second-order valence-electron chi connectivity index (χ2n) is 7.96. The van der Waals surface area contributed by atoms with E-state index < -0.39 is 5.97 Å². The van der Waals surface area contributed by atoms with Crippen LogP contribution in [0.5, 0.6) is 0 Å². The van der Waals surface area contributed by atoms with Crippen LogP contribution in [0.15, 0.2) is 51.4 Å². The van der Waals surface area contributed by atoms with Gasteiger partial charge in [-0.05, 0) is 29.3 Å². The highest BCUT2D eigenvalue weighted by molar-refractivity contribution is 9.10. The number of hydrogen-bond donors (Lipinski definition) is 2. The monoisotopic (exact) mass is 554 g/mol. The van der Waals surface area contributed by atoms with Crippen LogP contribution in [0.3, 0.4) is 0 Å². The Morgan fingerprint density at radius 3 is 2.71 bits per heavy atom. The van der Waals surface area contributed by atoms with Crippen molar-refractivity contribution in [3.05, 3.63) is 69.4 Å². The predicted molar refractivity (Wildman–Crippen MR) is 134 cm³/mol. The number of tetrazole rings is 1. The summed E-state index contributed by atoms with van der Waals surface area (Å²) in [6, 6.07) is 13.4. The Bertz CT molecular complexity index is 1530. The van der Waals surface area contributed by atoms with Crippen molar-refractivity contribution in [3.8, 4) is 22.5 Å². The first-order valence-corrected chi connectivity index (χ1v) is 12.2. The number of aromatic carboxylic acids is 1. The molecule has 0 radical (unpaired) electrons. The summed E-state index contributed by atoms with van der Waals surface area (Å²) < 4.78 is 8.81. The van der Waals surface area contributed by atoms with Crippen LogP contribution >= 0.6 is 27.5 Å². The van der Waals surface area contributed by atoms with Gasteiger partial charge in [0.1, 0.15) is 17.2 Å². The van der Waals surface area contributed by atoms with E-state index in [0.717, 1.165) is 39.4 Å². The number of nitrogens with one attached hydrogen (secondary N) is 1. The number of rotatable bonds is 8. The summed E-state index contributed by atoms with van der Waals surface area (Å²) in [5, 5.41) is 25.2. The lowest BCUT2D eigenvalue weighted by atomic mass is 9.96. The Balaban J connectivity index is 1.75. The normalized spacial score (nSPS) is 11.4. The van der Waals surface area contributed by atoms with Crippen LogP contribution in [0.25, 0.3) is 33.5 Å². The molecule has 2 aromatic carbocycles. The number of unbranched alkanes of at least 4 members (excludes halogenated alkanes) is 1. The molecule has 5 aromatic rings. The average molecular weight is 556 g/mol. The number of carboxylic acid groups (broad SMARTS) is 1. The molecule has 0 saturated heterocycles. The van der Waals surface area contributed by atoms with Gasteiger partial charge in [0.05, 0.1) is 6.54 Å². The molecule has 0 aliphatic heterocycles. The molecule has 0 spiro atoms. The standard InChI is InChI=1S/C24H20BrClN6O3/c1-2-3-11-18-27-22(26)21(24(33)34)32(18)12-17-19(20-15(25)9-6-10-16(20)35-17)13-7-4-5-8-14(13)23-28-30-31-29-23/h4-10H,2-3,11-12H2,1H3,(H,33,34)(H,28,29,30,31). The maximum absolute atomic E-state index is 12.1. The number of hydrogen-bond acceptors (Lipinski definition) is 6. The maximum atomic E-state index is 12.1. The number of aryl methyl sites for hydroxylation is 1. The van der Waals surface area contributed by atoms with Gasteiger partial charge in [0.2, 0.25) is 5.82 Å². The molecule has 0 atom stereocenters. The van der Waals surface area contributed by atoms with Crippen LogP contribution in [0.1, 0.15) is 41.8 Å². The zero-order valence-electron chi connectivity index (χ0n) is 18.6. The molecule has 5 rings (SSSR count). The quantitative estimate of drug-likeness (QED) is 0.241. The number of carboxylic acids is 1. The first-order valence-electron chi connectivity index (χ1n) is 11.0. The fourth-order valence-electron chi connectivity index (χ4n) is 4.23. The summed E-state index contributed by atoms with van der Waals surface area (Å²) in [6.45, 7) is 2.20. The number of carbonyl (C=O) groups is 1. The van der Waals surface area contributed by atoms with Gasteiger partial charge in [-0.15, -0.1) is 10.2 Å². The molecule has 178 valence electrons. The maximum Gasteiger partial charge on any atom is 0.355 e. The molecule has 9 nitrogen and oxygen atoms in total. The topological polar surface area (TPSA) is 123 Å². The zero-order chi connectivity index (χ0) is 24.5. The fourth-order valence-corrected chi connectivity index (χ4v) is 5.06. The molecule has 0 bridgehead atoms. The number of aromatic nitrogens is 6. The number of furan rings is 1. The van der Waals surface area contributed by atoms with Crippen LogP contribution in [0.2, 0.25) is 5.15 Å². The Morgan fingerprint density at radius 1 is 1.20 bits per heavy atom. The molecule has 3 aromatic heterocycles. The van der Waals surface area contributed by atoms with Gasteiger partial charge in [-0.3, -0.25) is 0 Å². The summed E-state index contributed by atoms with van der Waals surface area (Å²) in [7, 11) is 0. The van der Waals surface area contributed by atoms with Gasteiger partial charge in [0.25, 0.3) is 0 Å². The third-order valence-electron chi connectivity index (χ3n) is 5.78. The van der Waals surface area contributed by atoms with Crippen LogP contribution in [0.4, 0.5) is 0 Å². The van der Waals surface area contributed by atoms with Crippen molar-refractivity contribution >= 4 is 44.5 Å². The van der Waals surface area contributed by atoms with E-state index in [9.17, 15) is 9.90 Å². The number of aromatic amines is 1. The number of benzene rings is 2. The largest absolute Gasteiger partial charge is 0.476 e. The number of H-pyrrole nitrogens is 1. The molecule has 0 aliphatic carbocycles. The van der Waals surface area contributed by atoms with Crippen molar-refractivity contribution in [1.82, 2.24) is 30.2 Å². The number of fused-ring (bicyclic) bond motifs is 1. The Labute approximate surface area is 213 Å². The molecule has 0 amide bonds. The predicted octanol–water partition coefficient (Wildman–Crippen LogP) is 5.98. The molecule has 35 heavy (non-hydrogen) atoms. The van der Waals surface area contributed by atoms with Gasteiger partial charge in [-0.2, -0.15) is 5.21 Å². The second kappa shape index (κ2) is 9.63. The fraction of sp³-hybridized carbons (Fsp3) is 0.208. The van der Waals surface area contributed by atoms with E-state index in [1.807, 2.05) is 42.5 Å². The first-order chi connectivity index (χ1) is 17.0. The number of nitrogens with zero attached hydrogens (tertiary/aromatic N) is 5. The molecule has 3 heterocycles. The Morgan fingerprint density at radius 2 is 2.00 bits per heavy atom. The van der Waals surface area contributed by atoms with Crippen molar-refractivity contribution < 1.29 is 14.3 Å². The summed E-state index contributed by atoms with van der Waals surface area (Å²) in [4.78, 5) is 16.5.